The van der Waals surface area contributed by atoms with Gasteiger partial charge in [-0.2, -0.15) is 0 Å². The molecule has 3 heterocycles. The molecule has 0 saturated carbocycles. The molecule has 2 amide bonds. The minimum absolute atomic E-state index is 0.128. The third kappa shape index (κ3) is 3.77. The molecule has 4 rings (SSSR count). The van der Waals surface area contributed by atoms with Gasteiger partial charge in [0.2, 0.25) is 5.91 Å². The smallest absolute Gasteiger partial charge is 0.271 e. The number of anilines is 2. The van der Waals surface area contributed by atoms with Gasteiger partial charge in [0.1, 0.15) is 5.69 Å². The van der Waals surface area contributed by atoms with Gasteiger partial charge < -0.3 is 20.4 Å². The first-order chi connectivity index (χ1) is 14.5. The second-order valence-electron chi connectivity index (χ2n) is 7.82. The molecule has 2 aliphatic heterocycles. The molecule has 2 N–H and O–H groups in total. The molecule has 0 spiro atoms. The highest BCUT2D eigenvalue weighted by Gasteiger charge is 2.26. The summed E-state index contributed by atoms with van der Waals surface area (Å²) in [6.45, 7) is 5.81. The van der Waals surface area contributed by atoms with Crippen LogP contribution >= 0.6 is 0 Å². The van der Waals surface area contributed by atoms with Crippen LogP contribution in [-0.2, 0) is 0 Å². The van der Waals surface area contributed by atoms with E-state index in [-0.39, 0.29) is 11.8 Å². The van der Waals surface area contributed by atoms with Gasteiger partial charge in [0.25, 0.3) is 11.8 Å². The molecule has 2 aliphatic rings. The molecule has 0 aliphatic carbocycles. The molecule has 30 heavy (non-hydrogen) atoms. The largest absolute Gasteiger partial charge is 0.371 e. The van der Waals surface area contributed by atoms with Crippen LogP contribution in [0.15, 0.2) is 36.5 Å². The average Bonchev–Trinajstić information content (AvgIpc) is 3.45. The van der Waals surface area contributed by atoms with Gasteiger partial charge in [-0.15, -0.1) is 0 Å². The lowest BCUT2D eigenvalue weighted by Crippen LogP contribution is -2.49. The molecule has 2 aromatic rings. The number of primary amides is 1. The summed E-state index contributed by atoms with van der Waals surface area (Å²) in [5.74, 6) is -0.713. The molecule has 2 saturated heterocycles. The Labute approximate surface area is 175 Å². The fourth-order valence-electron chi connectivity index (χ4n) is 4.30. The zero-order valence-corrected chi connectivity index (χ0v) is 17.2. The van der Waals surface area contributed by atoms with Crippen molar-refractivity contribution in [2.45, 2.75) is 19.8 Å². The number of aromatic nitrogens is 1. The Balaban J connectivity index is 1.48. The van der Waals surface area contributed by atoms with E-state index in [1.165, 1.54) is 11.5 Å². The van der Waals surface area contributed by atoms with Crippen molar-refractivity contribution in [3.8, 4) is 0 Å². The number of nitrogens with zero attached hydrogens (tertiary/aromatic N) is 4. The van der Waals surface area contributed by atoms with E-state index in [9.17, 15) is 14.4 Å². The Bertz CT molecular complexity index is 969. The predicted molar refractivity (Wildman–Crippen MR) is 115 cm³/mol. The second-order valence-corrected chi connectivity index (χ2v) is 7.82. The van der Waals surface area contributed by atoms with Crippen molar-refractivity contribution in [1.82, 2.24) is 9.47 Å². The van der Waals surface area contributed by atoms with Gasteiger partial charge in [-0.1, -0.05) is 0 Å². The summed E-state index contributed by atoms with van der Waals surface area (Å²) >= 11 is 0. The van der Waals surface area contributed by atoms with Gasteiger partial charge >= 0.3 is 0 Å². The lowest BCUT2D eigenvalue weighted by Gasteiger charge is -2.36. The zero-order valence-electron chi connectivity index (χ0n) is 17.2. The maximum Gasteiger partial charge on any atom is 0.271 e. The van der Waals surface area contributed by atoms with E-state index in [0.717, 1.165) is 37.3 Å². The highest BCUT2D eigenvalue weighted by Crippen LogP contribution is 2.30. The van der Waals surface area contributed by atoms with Gasteiger partial charge in [0.15, 0.2) is 0 Å². The van der Waals surface area contributed by atoms with E-state index in [1.807, 2.05) is 18.2 Å². The number of benzene rings is 1. The number of hydrogen-bond acceptors (Lipinski definition) is 5. The molecule has 0 radical (unpaired) electrons. The Morgan fingerprint density at radius 3 is 2.23 bits per heavy atom. The van der Waals surface area contributed by atoms with Crippen molar-refractivity contribution in [3.63, 3.8) is 0 Å². The van der Waals surface area contributed by atoms with Crippen molar-refractivity contribution >= 4 is 29.1 Å². The number of piperazine rings is 1. The molecule has 1 aromatic carbocycles. The fraction of sp³-hybridized carbons (Fsp3) is 0.409. The van der Waals surface area contributed by atoms with Crippen LogP contribution in [0.25, 0.3) is 0 Å². The van der Waals surface area contributed by atoms with Crippen molar-refractivity contribution < 1.29 is 14.4 Å². The van der Waals surface area contributed by atoms with Crippen molar-refractivity contribution in [2.24, 2.45) is 5.73 Å². The number of carbonyl (C=O) groups is 3. The van der Waals surface area contributed by atoms with Crippen LogP contribution in [0.4, 0.5) is 11.4 Å². The molecule has 1 aromatic heterocycles. The van der Waals surface area contributed by atoms with Crippen LogP contribution in [-0.4, -0.2) is 66.5 Å². The first-order valence-corrected chi connectivity index (χ1v) is 10.4. The predicted octanol–water partition coefficient (Wildman–Crippen LogP) is 1.81. The van der Waals surface area contributed by atoms with Crippen LogP contribution in [0.3, 0.4) is 0 Å². The van der Waals surface area contributed by atoms with E-state index in [4.69, 9.17) is 5.73 Å². The highest BCUT2D eigenvalue weighted by atomic mass is 16.2. The van der Waals surface area contributed by atoms with E-state index < -0.39 is 5.91 Å². The average molecular weight is 409 g/mol. The molecule has 0 bridgehead atoms. The molecular weight excluding hydrogens is 382 g/mol. The van der Waals surface area contributed by atoms with Crippen molar-refractivity contribution in [3.05, 3.63) is 47.8 Å². The Kier molecular flexibility index (Phi) is 5.48. The van der Waals surface area contributed by atoms with E-state index in [0.29, 0.717) is 37.4 Å². The van der Waals surface area contributed by atoms with Crippen LogP contribution in [0.1, 0.15) is 45.4 Å². The maximum absolute atomic E-state index is 12.9. The number of hydrogen-bond donors (Lipinski definition) is 1. The van der Waals surface area contributed by atoms with Crippen LogP contribution in [0.2, 0.25) is 0 Å². The molecule has 158 valence electrons. The third-order valence-electron chi connectivity index (χ3n) is 5.93. The molecule has 8 nitrogen and oxygen atoms in total. The minimum atomic E-state index is -0.410. The maximum atomic E-state index is 12.9. The van der Waals surface area contributed by atoms with E-state index in [2.05, 4.69) is 9.80 Å². The van der Waals surface area contributed by atoms with Crippen LogP contribution in [0, 0.1) is 0 Å². The molecule has 8 heteroatoms. The fourth-order valence-corrected chi connectivity index (χ4v) is 4.30. The summed E-state index contributed by atoms with van der Waals surface area (Å²) in [7, 11) is 0. The molecule has 0 atom stereocenters. The molecule has 2 fully saturated rings. The SMILES string of the molecule is CC(=O)n1cccc1C(=O)N1CCN(c2ccc(C(N)=O)c(N3CCCC3)c2)CC1. The van der Waals surface area contributed by atoms with Crippen LogP contribution < -0.4 is 15.5 Å². The summed E-state index contributed by atoms with van der Waals surface area (Å²) in [6, 6.07) is 9.18. The third-order valence-corrected chi connectivity index (χ3v) is 5.93. The molecule has 0 unspecified atom stereocenters. The Morgan fingerprint density at radius 1 is 0.900 bits per heavy atom. The number of amides is 2. The summed E-state index contributed by atoms with van der Waals surface area (Å²) in [4.78, 5) is 42.7. The van der Waals surface area contributed by atoms with Gasteiger partial charge in [0.05, 0.1) is 11.3 Å². The number of carbonyl (C=O) groups excluding carboxylic acids is 3. The number of rotatable bonds is 4. The zero-order chi connectivity index (χ0) is 21.3. The lowest BCUT2D eigenvalue weighted by atomic mass is 10.1. The van der Waals surface area contributed by atoms with E-state index in [1.54, 1.807) is 23.2 Å². The minimum Gasteiger partial charge on any atom is -0.371 e. The first-order valence-electron chi connectivity index (χ1n) is 10.4. The van der Waals surface area contributed by atoms with Crippen molar-refractivity contribution in [2.75, 3.05) is 49.1 Å². The van der Waals surface area contributed by atoms with Crippen molar-refractivity contribution in [1.29, 1.82) is 0 Å². The second kappa shape index (κ2) is 8.22. The Hall–Kier alpha value is -3.29. The quantitative estimate of drug-likeness (QED) is 0.832. The van der Waals surface area contributed by atoms with Gasteiger partial charge in [-0.05, 0) is 43.2 Å². The summed E-state index contributed by atoms with van der Waals surface area (Å²) in [5, 5.41) is 0. The lowest BCUT2D eigenvalue weighted by molar-refractivity contribution is 0.0724. The highest BCUT2D eigenvalue weighted by molar-refractivity contribution is 5.99. The molecular formula is C22H27N5O3. The normalized spacial score (nSPS) is 16.8. The van der Waals surface area contributed by atoms with Gasteiger partial charge in [-0.25, -0.2) is 0 Å². The van der Waals surface area contributed by atoms with Gasteiger partial charge in [0, 0.05) is 58.1 Å². The number of nitrogens with two attached hydrogens (primary N) is 1. The van der Waals surface area contributed by atoms with Crippen LogP contribution in [0.5, 0.6) is 0 Å². The summed E-state index contributed by atoms with van der Waals surface area (Å²) in [5.41, 5.74) is 8.48. The summed E-state index contributed by atoms with van der Waals surface area (Å²) in [6.07, 6.45) is 3.85. The monoisotopic (exact) mass is 409 g/mol. The standard InChI is InChI=1S/C22H27N5O3/c1-16(28)27-10-4-5-19(27)22(30)26-13-11-24(12-14-26)17-6-7-18(21(23)29)20(15-17)25-8-2-3-9-25/h4-7,10,15H,2-3,8-9,11-14H2,1H3,(H2,23,29). The van der Waals surface area contributed by atoms with Gasteiger partial charge in [-0.3, -0.25) is 19.0 Å². The Morgan fingerprint density at radius 2 is 1.60 bits per heavy atom. The topological polar surface area (TPSA) is 91.9 Å². The summed E-state index contributed by atoms with van der Waals surface area (Å²) < 4.78 is 1.39. The van der Waals surface area contributed by atoms with E-state index >= 15 is 0 Å². The first kappa shape index (κ1) is 20.0.